The highest BCUT2D eigenvalue weighted by atomic mass is 14.5. The molecule has 0 aromatic rings. The summed E-state index contributed by atoms with van der Waals surface area (Å²) in [6.07, 6.45) is 5.96. The molecule has 0 spiro atoms. The summed E-state index contributed by atoms with van der Waals surface area (Å²) < 4.78 is 0. The van der Waals surface area contributed by atoms with Gasteiger partial charge in [0.2, 0.25) is 0 Å². The van der Waals surface area contributed by atoms with E-state index in [-0.39, 0.29) is 0 Å². The van der Waals surface area contributed by atoms with Crippen molar-refractivity contribution in [3.63, 3.8) is 0 Å². The van der Waals surface area contributed by atoms with Crippen LogP contribution in [0.25, 0.3) is 0 Å². The Hall–Kier alpha value is -0.560. The zero-order chi connectivity index (χ0) is 7.11. The molecule has 0 rings (SSSR count). The lowest BCUT2D eigenvalue weighted by Gasteiger charge is -2.02. The van der Waals surface area contributed by atoms with Crippen LogP contribution in [0.2, 0.25) is 0 Å². The quantitative estimate of drug-likeness (QED) is 0.556. The summed E-state index contributed by atoms with van der Waals surface area (Å²) in [5, 5.41) is 0. The molecule has 0 aromatic carbocycles. The third kappa shape index (κ3) is 3.98. The van der Waals surface area contributed by atoms with E-state index in [0.29, 0.717) is 5.92 Å². The highest BCUT2D eigenvalue weighted by Gasteiger charge is 1.94. The number of rotatable bonds is 5. The molecule has 2 N–H and O–H groups in total. The van der Waals surface area contributed by atoms with Crippen molar-refractivity contribution in [2.75, 3.05) is 6.54 Å². The highest BCUT2D eigenvalue weighted by molar-refractivity contribution is 4.91. The van der Waals surface area contributed by atoms with Crippen molar-refractivity contribution < 1.29 is 0 Å². The van der Waals surface area contributed by atoms with Crippen molar-refractivity contribution in [1.29, 1.82) is 0 Å². The van der Waals surface area contributed by atoms with E-state index in [1.54, 1.807) is 0 Å². The number of nitrogens with two attached hydrogens (primary N) is 1. The first-order valence-corrected chi connectivity index (χ1v) is 3.30. The molecule has 0 aliphatic rings. The van der Waals surface area contributed by atoms with Crippen LogP contribution in [0, 0.1) is 5.92 Å². The third-order valence-electron chi connectivity index (χ3n) is 1.35. The number of hydrogen-bond donors (Lipinski definition) is 1. The SMILES string of the molecule is C=CC(C=C)CCCN. The molecule has 0 aromatic heterocycles. The van der Waals surface area contributed by atoms with Gasteiger partial charge < -0.3 is 5.73 Å². The molecule has 0 saturated carbocycles. The fourth-order valence-electron chi connectivity index (χ4n) is 0.685. The molecule has 1 heteroatoms. The molecule has 9 heavy (non-hydrogen) atoms. The van der Waals surface area contributed by atoms with E-state index in [4.69, 9.17) is 5.73 Å². The van der Waals surface area contributed by atoms with E-state index in [1.165, 1.54) is 0 Å². The Morgan fingerprint density at radius 2 is 1.89 bits per heavy atom. The molecule has 0 aliphatic carbocycles. The van der Waals surface area contributed by atoms with Crippen LogP contribution in [0.4, 0.5) is 0 Å². The van der Waals surface area contributed by atoms with Gasteiger partial charge in [0, 0.05) is 0 Å². The summed E-state index contributed by atoms with van der Waals surface area (Å²) in [6, 6.07) is 0. The molecule has 0 amide bonds. The zero-order valence-electron chi connectivity index (χ0n) is 5.84. The van der Waals surface area contributed by atoms with Crippen molar-refractivity contribution in [2.45, 2.75) is 12.8 Å². The maximum atomic E-state index is 5.32. The summed E-state index contributed by atoms with van der Waals surface area (Å²) in [4.78, 5) is 0. The van der Waals surface area contributed by atoms with Gasteiger partial charge in [0.05, 0.1) is 0 Å². The molecule has 0 bridgehead atoms. The summed E-state index contributed by atoms with van der Waals surface area (Å²) in [7, 11) is 0. The van der Waals surface area contributed by atoms with Crippen molar-refractivity contribution in [3.8, 4) is 0 Å². The molecule has 0 unspecified atom stereocenters. The molecule has 0 fully saturated rings. The second-order valence-electron chi connectivity index (χ2n) is 2.07. The molecule has 1 nitrogen and oxygen atoms in total. The van der Waals surface area contributed by atoms with E-state index in [2.05, 4.69) is 13.2 Å². The van der Waals surface area contributed by atoms with Crippen molar-refractivity contribution >= 4 is 0 Å². The highest BCUT2D eigenvalue weighted by Crippen LogP contribution is 2.06. The monoisotopic (exact) mass is 125 g/mol. The second kappa shape index (κ2) is 5.57. The second-order valence-corrected chi connectivity index (χ2v) is 2.07. The lowest BCUT2D eigenvalue weighted by Crippen LogP contribution is -2.01. The van der Waals surface area contributed by atoms with Crippen LogP contribution in [0.1, 0.15) is 12.8 Å². The van der Waals surface area contributed by atoms with Crippen LogP contribution in [-0.2, 0) is 0 Å². The van der Waals surface area contributed by atoms with Crippen molar-refractivity contribution in [3.05, 3.63) is 25.3 Å². The van der Waals surface area contributed by atoms with E-state index in [9.17, 15) is 0 Å². The molecule has 0 radical (unpaired) electrons. The van der Waals surface area contributed by atoms with Crippen LogP contribution in [0.15, 0.2) is 25.3 Å². The molecule has 0 atom stereocenters. The number of hydrogen-bond acceptors (Lipinski definition) is 1. The summed E-state index contributed by atoms with van der Waals surface area (Å²) in [6.45, 7) is 8.11. The standard InChI is InChI=1S/C8H15N/c1-3-8(4-2)6-5-7-9/h3-4,8H,1-2,5-7,9H2. The molecule has 0 saturated heterocycles. The smallest absolute Gasteiger partial charge is 0.00584 e. The Morgan fingerprint density at radius 1 is 1.33 bits per heavy atom. The van der Waals surface area contributed by atoms with Gasteiger partial charge in [0.25, 0.3) is 0 Å². The van der Waals surface area contributed by atoms with Crippen molar-refractivity contribution in [2.24, 2.45) is 11.7 Å². The van der Waals surface area contributed by atoms with Gasteiger partial charge in [-0.2, -0.15) is 0 Å². The largest absolute Gasteiger partial charge is 0.330 e. The van der Waals surface area contributed by atoms with Gasteiger partial charge >= 0.3 is 0 Å². The van der Waals surface area contributed by atoms with E-state index < -0.39 is 0 Å². The lowest BCUT2D eigenvalue weighted by atomic mass is 10.0. The van der Waals surface area contributed by atoms with Gasteiger partial charge in [0.1, 0.15) is 0 Å². The summed E-state index contributed by atoms with van der Waals surface area (Å²) in [5.74, 6) is 0.452. The molecule has 52 valence electrons. The Kier molecular flexibility index (Phi) is 5.23. The van der Waals surface area contributed by atoms with Crippen LogP contribution in [0.5, 0.6) is 0 Å². The average molecular weight is 125 g/mol. The summed E-state index contributed by atoms with van der Waals surface area (Å²) >= 11 is 0. The van der Waals surface area contributed by atoms with Gasteiger partial charge in [-0.3, -0.25) is 0 Å². The van der Waals surface area contributed by atoms with Crippen LogP contribution >= 0.6 is 0 Å². The predicted octanol–water partition coefficient (Wildman–Crippen LogP) is 1.71. The first kappa shape index (κ1) is 8.44. The van der Waals surface area contributed by atoms with Crippen molar-refractivity contribution in [1.82, 2.24) is 0 Å². The normalized spacial score (nSPS) is 9.56. The van der Waals surface area contributed by atoms with Crippen LogP contribution < -0.4 is 5.73 Å². The van der Waals surface area contributed by atoms with E-state index in [0.717, 1.165) is 19.4 Å². The predicted molar refractivity (Wildman–Crippen MR) is 42.2 cm³/mol. The Labute approximate surface area is 57.3 Å². The maximum Gasteiger partial charge on any atom is -0.00584 e. The first-order valence-electron chi connectivity index (χ1n) is 3.30. The molecular weight excluding hydrogens is 110 g/mol. The third-order valence-corrected chi connectivity index (χ3v) is 1.35. The Balaban J connectivity index is 3.30. The molecule has 0 aliphatic heterocycles. The fraction of sp³-hybridized carbons (Fsp3) is 0.500. The van der Waals surface area contributed by atoms with E-state index in [1.807, 2.05) is 12.2 Å². The average Bonchev–Trinajstić information content (AvgIpc) is 1.91. The van der Waals surface area contributed by atoms with Gasteiger partial charge in [-0.25, -0.2) is 0 Å². The van der Waals surface area contributed by atoms with Gasteiger partial charge in [-0.05, 0) is 25.3 Å². The van der Waals surface area contributed by atoms with Gasteiger partial charge in [0.15, 0.2) is 0 Å². The minimum atomic E-state index is 0.452. The van der Waals surface area contributed by atoms with Crippen LogP contribution in [-0.4, -0.2) is 6.54 Å². The molecular formula is C8H15N. The Bertz CT molecular complexity index is 78.6. The number of allylic oxidation sites excluding steroid dienone is 2. The molecule has 0 heterocycles. The lowest BCUT2D eigenvalue weighted by molar-refractivity contribution is 0.663. The zero-order valence-corrected chi connectivity index (χ0v) is 5.84. The minimum Gasteiger partial charge on any atom is -0.330 e. The first-order chi connectivity index (χ1) is 4.35. The summed E-state index contributed by atoms with van der Waals surface area (Å²) in [5.41, 5.74) is 5.32. The van der Waals surface area contributed by atoms with E-state index >= 15 is 0 Å². The Morgan fingerprint density at radius 3 is 2.22 bits per heavy atom. The van der Waals surface area contributed by atoms with Gasteiger partial charge in [-0.1, -0.05) is 12.2 Å². The fourth-order valence-corrected chi connectivity index (χ4v) is 0.685. The van der Waals surface area contributed by atoms with Gasteiger partial charge in [-0.15, -0.1) is 13.2 Å². The van der Waals surface area contributed by atoms with Crippen LogP contribution in [0.3, 0.4) is 0 Å². The topological polar surface area (TPSA) is 26.0 Å². The minimum absolute atomic E-state index is 0.452. The maximum absolute atomic E-state index is 5.32.